The van der Waals surface area contributed by atoms with Crippen LogP contribution in [-0.4, -0.2) is 65.5 Å². The van der Waals surface area contributed by atoms with Crippen LogP contribution in [0.15, 0.2) is 36.7 Å². The lowest BCUT2D eigenvalue weighted by Crippen LogP contribution is -2.34. The number of rotatable bonds is 7. The minimum Gasteiger partial charge on any atom is -0.497 e. The summed E-state index contributed by atoms with van der Waals surface area (Å²) in [6, 6.07) is 8.09. The molecule has 2 fully saturated rings. The van der Waals surface area contributed by atoms with Crippen LogP contribution in [0, 0.1) is 0 Å². The van der Waals surface area contributed by atoms with Crippen molar-refractivity contribution in [1.82, 2.24) is 25.1 Å². The monoisotopic (exact) mass is 448 g/mol. The van der Waals surface area contributed by atoms with Gasteiger partial charge in [0.2, 0.25) is 5.95 Å². The fourth-order valence-corrected chi connectivity index (χ4v) is 5.03. The van der Waals surface area contributed by atoms with Crippen LogP contribution in [0.2, 0.25) is 0 Å². The summed E-state index contributed by atoms with van der Waals surface area (Å²) in [5.41, 5.74) is 4.41. The molecule has 0 amide bonds. The molecule has 2 saturated heterocycles. The predicted octanol–water partition coefficient (Wildman–Crippen LogP) is 3.86. The number of piperidine rings is 1. The molecule has 174 valence electrons. The van der Waals surface area contributed by atoms with Crippen molar-refractivity contribution in [1.29, 1.82) is 0 Å². The molecule has 8 nitrogen and oxygen atoms in total. The van der Waals surface area contributed by atoms with Gasteiger partial charge in [-0.2, -0.15) is 5.10 Å². The minimum absolute atomic E-state index is 0.383. The van der Waals surface area contributed by atoms with Gasteiger partial charge in [0.15, 0.2) is 0 Å². The highest BCUT2D eigenvalue weighted by molar-refractivity contribution is 5.63. The lowest BCUT2D eigenvalue weighted by atomic mass is 9.91. The summed E-state index contributed by atoms with van der Waals surface area (Å²) in [5.74, 6) is 2.86. The van der Waals surface area contributed by atoms with Crippen LogP contribution in [0.4, 0.5) is 5.95 Å². The second-order valence-corrected chi connectivity index (χ2v) is 8.93. The third-order valence-electron chi connectivity index (χ3n) is 6.71. The number of aromatic amines is 1. The van der Waals surface area contributed by atoms with Crippen molar-refractivity contribution in [3.63, 3.8) is 0 Å². The standard InChI is InChI=1S/C25H32N6O2/c1-32-20-12-18(13-21(14-20)33-2)16-30-9-5-6-19(17-30)24-22(15-27-29-24)23-7-8-26-25(28-23)31-10-3-4-11-31/h7-8,12-15,19H,3-6,9-11,16-17H2,1-2H3,(H,27,29)/t19-/m1/s1. The molecule has 0 spiro atoms. The van der Waals surface area contributed by atoms with Gasteiger partial charge < -0.3 is 14.4 Å². The zero-order valence-corrected chi connectivity index (χ0v) is 19.5. The van der Waals surface area contributed by atoms with Gasteiger partial charge in [-0.05, 0) is 56.0 Å². The van der Waals surface area contributed by atoms with Gasteiger partial charge in [0, 0.05) is 55.6 Å². The van der Waals surface area contributed by atoms with E-state index in [1.807, 2.05) is 24.5 Å². The molecule has 0 radical (unpaired) electrons. The molecule has 2 aromatic heterocycles. The molecule has 5 rings (SSSR count). The Morgan fingerprint density at radius 2 is 1.82 bits per heavy atom. The third kappa shape index (κ3) is 4.80. The number of aromatic nitrogens is 4. The van der Waals surface area contributed by atoms with Crippen LogP contribution in [0.25, 0.3) is 11.3 Å². The van der Waals surface area contributed by atoms with Crippen LogP contribution in [0.3, 0.4) is 0 Å². The van der Waals surface area contributed by atoms with Crippen molar-refractivity contribution >= 4 is 5.95 Å². The number of ether oxygens (including phenoxy) is 2. The van der Waals surface area contributed by atoms with Gasteiger partial charge in [0.25, 0.3) is 0 Å². The number of anilines is 1. The largest absolute Gasteiger partial charge is 0.497 e. The minimum atomic E-state index is 0.383. The summed E-state index contributed by atoms with van der Waals surface area (Å²) in [4.78, 5) is 14.2. The molecule has 0 saturated carbocycles. The Morgan fingerprint density at radius 3 is 2.58 bits per heavy atom. The van der Waals surface area contributed by atoms with Gasteiger partial charge in [-0.15, -0.1) is 0 Å². The number of likely N-dealkylation sites (tertiary alicyclic amines) is 1. The molecule has 3 aromatic rings. The van der Waals surface area contributed by atoms with E-state index >= 15 is 0 Å². The normalized spacial score (nSPS) is 19.1. The average Bonchev–Trinajstić information content (AvgIpc) is 3.57. The quantitative estimate of drug-likeness (QED) is 0.588. The summed E-state index contributed by atoms with van der Waals surface area (Å²) >= 11 is 0. The highest BCUT2D eigenvalue weighted by atomic mass is 16.5. The van der Waals surface area contributed by atoms with E-state index in [0.717, 1.165) is 74.3 Å². The van der Waals surface area contributed by atoms with Crippen molar-refractivity contribution in [2.75, 3.05) is 45.3 Å². The number of hydrogen-bond donors (Lipinski definition) is 1. The molecule has 2 aliphatic rings. The maximum absolute atomic E-state index is 5.45. The number of hydrogen-bond acceptors (Lipinski definition) is 7. The Kier molecular flexibility index (Phi) is 6.44. The van der Waals surface area contributed by atoms with E-state index in [-0.39, 0.29) is 0 Å². The summed E-state index contributed by atoms with van der Waals surface area (Å²) in [6.07, 6.45) is 8.49. The second kappa shape index (κ2) is 9.79. The zero-order chi connectivity index (χ0) is 22.6. The fourth-order valence-electron chi connectivity index (χ4n) is 5.03. The number of H-pyrrole nitrogens is 1. The first kappa shape index (κ1) is 21.7. The van der Waals surface area contributed by atoms with E-state index in [9.17, 15) is 0 Å². The van der Waals surface area contributed by atoms with E-state index in [1.54, 1.807) is 14.2 Å². The predicted molar refractivity (Wildman–Crippen MR) is 128 cm³/mol. The summed E-state index contributed by atoms with van der Waals surface area (Å²) in [6.45, 7) is 4.98. The molecule has 8 heteroatoms. The smallest absolute Gasteiger partial charge is 0.225 e. The first-order valence-electron chi connectivity index (χ1n) is 11.8. The van der Waals surface area contributed by atoms with E-state index in [1.165, 1.54) is 24.1 Å². The van der Waals surface area contributed by atoms with Crippen LogP contribution in [0.1, 0.15) is 42.9 Å². The van der Waals surface area contributed by atoms with Gasteiger partial charge in [0.05, 0.1) is 26.1 Å². The maximum atomic E-state index is 5.45. The molecular weight excluding hydrogens is 416 g/mol. The molecule has 4 heterocycles. The van der Waals surface area contributed by atoms with Crippen molar-refractivity contribution in [3.8, 4) is 22.8 Å². The highest BCUT2D eigenvalue weighted by Crippen LogP contribution is 2.34. The average molecular weight is 449 g/mol. The van der Waals surface area contributed by atoms with Crippen LogP contribution in [-0.2, 0) is 6.54 Å². The fraction of sp³-hybridized carbons (Fsp3) is 0.480. The summed E-state index contributed by atoms with van der Waals surface area (Å²) in [5, 5.41) is 7.70. The van der Waals surface area contributed by atoms with E-state index in [4.69, 9.17) is 14.5 Å². The summed E-state index contributed by atoms with van der Waals surface area (Å²) < 4.78 is 10.9. The molecule has 2 aliphatic heterocycles. The molecule has 0 bridgehead atoms. The first-order valence-corrected chi connectivity index (χ1v) is 11.8. The van der Waals surface area contributed by atoms with E-state index in [2.05, 4.69) is 37.1 Å². The van der Waals surface area contributed by atoms with Gasteiger partial charge in [-0.1, -0.05) is 0 Å². The molecular formula is C25H32N6O2. The molecule has 0 unspecified atom stereocenters. The van der Waals surface area contributed by atoms with Crippen LogP contribution in [0.5, 0.6) is 11.5 Å². The Labute approximate surface area is 194 Å². The number of methoxy groups -OCH3 is 2. The lowest BCUT2D eigenvalue weighted by Gasteiger charge is -2.32. The molecule has 1 aromatic carbocycles. The molecule has 1 atom stereocenters. The van der Waals surface area contributed by atoms with E-state index in [0.29, 0.717) is 5.92 Å². The number of benzene rings is 1. The Hall–Kier alpha value is -3.13. The number of nitrogens with one attached hydrogen (secondary N) is 1. The molecule has 0 aliphatic carbocycles. The van der Waals surface area contributed by atoms with E-state index < -0.39 is 0 Å². The van der Waals surface area contributed by atoms with Gasteiger partial charge in [-0.3, -0.25) is 10.00 Å². The van der Waals surface area contributed by atoms with Crippen molar-refractivity contribution < 1.29 is 9.47 Å². The molecule has 1 N–H and O–H groups in total. The van der Waals surface area contributed by atoms with Crippen molar-refractivity contribution in [2.24, 2.45) is 0 Å². The maximum Gasteiger partial charge on any atom is 0.225 e. The number of nitrogens with zero attached hydrogens (tertiary/aromatic N) is 5. The Bertz CT molecular complexity index is 1060. The van der Waals surface area contributed by atoms with Crippen molar-refractivity contribution in [2.45, 2.75) is 38.1 Å². The second-order valence-electron chi connectivity index (χ2n) is 8.93. The van der Waals surface area contributed by atoms with Gasteiger partial charge in [0.1, 0.15) is 11.5 Å². The Morgan fingerprint density at radius 1 is 1.03 bits per heavy atom. The van der Waals surface area contributed by atoms with Crippen LogP contribution >= 0.6 is 0 Å². The van der Waals surface area contributed by atoms with Crippen molar-refractivity contribution in [3.05, 3.63) is 47.9 Å². The zero-order valence-electron chi connectivity index (χ0n) is 19.5. The lowest BCUT2D eigenvalue weighted by molar-refractivity contribution is 0.198. The summed E-state index contributed by atoms with van der Waals surface area (Å²) in [7, 11) is 3.38. The molecule has 33 heavy (non-hydrogen) atoms. The Balaban J connectivity index is 1.33. The van der Waals surface area contributed by atoms with Crippen LogP contribution < -0.4 is 14.4 Å². The highest BCUT2D eigenvalue weighted by Gasteiger charge is 2.26. The first-order chi connectivity index (χ1) is 16.2. The third-order valence-corrected chi connectivity index (χ3v) is 6.71. The SMILES string of the molecule is COc1cc(CN2CCC[C@@H](c3[nH]ncc3-c3ccnc(N4CCCC4)n3)C2)cc(OC)c1. The topological polar surface area (TPSA) is 79.4 Å². The van der Waals surface area contributed by atoms with Gasteiger partial charge >= 0.3 is 0 Å². The van der Waals surface area contributed by atoms with Gasteiger partial charge in [-0.25, -0.2) is 9.97 Å².